The maximum Gasteiger partial charge on any atom is 0.149 e. The van der Waals surface area contributed by atoms with Gasteiger partial charge in [-0.1, -0.05) is 51.1 Å². The van der Waals surface area contributed by atoms with Crippen LogP contribution in [0.3, 0.4) is 0 Å². The number of aliphatic imine (C=N–C) groups is 1. The molecule has 21 heavy (non-hydrogen) atoms. The third kappa shape index (κ3) is 4.10. The summed E-state index contributed by atoms with van der Waals surface area (Å²) in [6.07, 6.45) is 2.49. The molecule has 1 atom stereocenters. The molecule has 0 aromatic heterocycles. The minimum Gasteiger partial charge on any atom is -0.298 e. The summed E-state index contributed by atoms with van der Waals surface area (Å²) in [7, 11) is 0. The van der Waals surface area contributed by atoms with E-state index in [-0.39, 0.29) is 22.9 Å². The predicted molar refractivity (Wildman–Crippen MR) is 84.7 cm³/mol. The molecule has 0 heterocycles. The number of nitrogens with zero attached hydrogens (tertiary/aromatic N) is 1. The van der Waals surface area contributed by atoms with E-state index in [2.05, 4.69) is 24.0 Å². The van der Waals surface area contributed by atoms with Gasteiger partial charge in [-0.05, 0) is 11.0 Å². The number of hydrogen-bond donors (Lipinski definition) is 0. The van der Waals surface area contributed by atoms with Crippen LogP contribution >= 0.6 is 0 Å². The first-order valence-corrected chi connectivity index (χ1v) is 7.49. The number of benzene rings is 1. The predicted octanol–water partition coefficient (Wildman–Crippen LogP) is 3.44. The summed E-state index contributed by atoms with van der Waals surface area (Å²) in [5.41, 5.74) is 1.02. The highest BCUT2D eigenvalue weighted by Gasteiger charge is 2.38. The molecule has 0 radical (unpaired) electrons. The van der Waals surface area contributed by atoms with Gasteiger partial charge in [0.05, 0.1) is 0 Å². The lowest BCUT2D eigenvalue weighted by molar-refractivity contribution is -0.136. The molecule has 3 nitrogen and oxygen atoms in total. The molecular weight excluding hydrogens is 262 g/mol. The van der Waals surface area contributed by atoms with Gasteiger partial charge < -0.3 is 0 Å². The Morgan fingerprint density at radius 3 is 2.33 bits per heavy atom. The van der Waals surface area contributed by atoms with Crippen molar-refractivity contribution in [2.75, 3.05) is 6.54 Å². The van der Waals surface area contributed by atoms with E-state index in [4.69, 9.17) is 0 Å². The van der Waals surface area contributed by atoms with Crippen molar-refractivity contribution in [1.29, 1.82) is 0 Å². The van der Waals surface area contributed by atoms with Crippen LogP contribution in [-0.2, 0) is 9.59 Å². The van der Waals surface area contributed by atoms with Gasteiger partial charge in [0.1, 0.15) is 17.5 Å². The second kappa shape index (κ2) is 6.33. The van der Waals surface area contributed by atoms with Crippen LogP contribution in [0.5, 0.6) is 0 Å². The van der Waals surface area contributed by atoms with E-state index < -0.39 is 5.92 Å². The fourth-order valence-corrected chi connectivity index (χ4v) is 2.78. The summed E-state index contributed by atoms with van der Waals surface area (Å²) in [5, 5.41) is 0. The Balaban J connectivity index is 1.95. The van der Waals surface area contributed by atoms with E-state index in [0.29, 0.717) is 19.4 Å². The number of carbonyl (C=O) groups excluding carboxylic acids is 2. The van der Waals surface area contributed by atoms with E-state index in [9.17, 15) is 9.59 Å². The van der Waals surface area contributed by atoms with Gasteiger partial charge in [-0.2, -0.15) is 0 Å². The normalized spacial score (nSPS) is 20.9. The first kappa shape index (κ1) is 15.6. The van der Waals surface area contributed by atoms with E-state index in [1.807, 2.05) is 32.0 Å². The van der Waals surface area contributed by atoms with Crippen LogP contribution in [0.4, 0.5) is 0 Å². The zero-order valence-corrected chi connectivity index (χ0v) is 13.0. The molecule has 0 amide bonds. The zero-order chi connectivity index (χ0) is 15.5. The van der Waals surface area contributed by atoms with Crippen LogP contribution in [-0.4, -0.2) is 24.3 Å². The van der Waals surface area contributed by atoms with Gasteiger partial charge in [-0.15, -0.1) is 0 Å². The van der Waals surface area contributed by atoms with Crippen molar-refractivity contribution in [2.45, 2.75) is 39.5 Å². The van der Waals surface area contributed by atoms with Gasteiger partial charge in [0.2, 0.25) is 0 Å². The summed E-state index contributed by atoms with van der Waals surface area (Å²) < 4.78 is 0. The van der Waals surface area contributed by atoms with Crippen molar-refractivity contribution in [2.24, 2.45) is 16.3 Å². The van der Waals surface area contributed by atoms with Crippen molar-refractivity contribution in [1.82, 2.24) is 0 Å². The summed E-state index contributed by atoms with van der Waals surface area (Å²) >= 11 is 0. The van der Waals surface area contributed by atoms with Gasteiger partial charge in [0.15, 0.2) is 0 Å². The second-order valence-corrected chi connectivity index (χ2v) is 6.75. The molecule has 0 spiro atoms. The molecule has 0 bridgehead atoms. The van der Waals surface area contributed by atoms with Crippen molar-refractivity contribution in [3.05, 3.63) is 35.9 Å². The summed E-state index contributed by atoms with van der Waals surface area (Å²) in [6, 6.07) is 10.1. The Bertz CT molecular complexity index is 526. The highest BCUT2D eigenvalue weighted by Crippen LogP contribution is 2.33. The molecule has 2 rings (SSSR count). The van der Waals surface area contributed by atoms with E-state index >= 15 is 0 Å². The van der Waals surface area contributed by atoms with Crippen LogP contribution in [0.25, 0.3) is 0 Å². The molecule has 112 valence electrons. The molecule has 0 unspecified atom stereocenters. The lowest BCUT2D eigenvalue weighted by Gasteiger charge is -2.30. The van der Waals surface area contributed by atoms with Gasteiger partial charge >= 0.3 is 0 Å². The number of ketones is 2. The van der Waals surface area contributed by atoms with Gasteiger partial charge in [-0.25, -0.2) is 0 Å². The SMILES string of the molecule is C[C@H](CN=CC1C(=O)CC(C)(C)CC1=O)c1ccccc1. The Kier molecular flexibility index (Phi) is 4.71. The van der Waals surface area contributed by atoms with Crippen LogP contribution < -0.4 is 0 Å². The Labute approximate surface area is 126 Å². The second-order valence-electron chi connectivity index (χ2n) is 6.75. The van der Waals surface area contributed by atoms with Crippen LogP contribution in [0.1, 0.15) is 45.1 Å². The molecule has 1 aliphatic carbocycles. The maximum absolute atomic E-state index is 12.1. The van der Waals surface area contributed by atoms with Crippen molar-refractivity contribution in [3.63, 3.8) is 0 Å². The van der Waals surface area contributed by atoms with Gasteiger partial charge in [0, 0.05) is 31.5 Å². The van der Waals surface area contributed by atoms with Gasteiger partial charge in [-0.3, -0.25) is 14.6 Å². The molecule has 1 aromatic carbocycles. The van der Waals surface area contributed by atoms with E-state index in [0.717, 1.165) is 0 Å². The third-order valence-electron chi connectivity index (χ3n) is 4.00. The summed E-state index contributed by atoms with van der Waals surface area (Å²) in [6.45, 7) is 6.63. The summed E-state index contributed by atoms with van der Waals surface area (Å²) in [5.74, 6) is -0.326. The highest BCUT2D eigenvalue weighted by atomic mass is 16.2. The number of Topliss-reactive ketones (excluding diaryl/α,β-unsaturated/α-hetero) is 2. The van der Waals surface area contributed by atoms with Crippen molar-refractivity contribution >= 4 is 17.8 Å². The van der Waals surface area contributed by atoms with Crippen LogP contribution in [0.2, 0.25) is 0 Å². The molecule has 0 saturated heterocycles. The topological polar surface area (TPSA) is 46.5 Å². The number of rotatable bonds is 4. The lowest BCUT2D eigenvalue weighted by Crippen LogP contribution is -2.38. The molecule has 1 aromatic rings. The first-order chi connectivity index (χ1) is 9.89. The average molecular weight is 285 g/mol. The molecule has 0 N–H and O–H groups in total. The summed E-state index contributed by atoms with van der Waals surface area (Å²) in [4.78, 5) is 28.5. The molecule has 3 heteroatoms. The molecular formula is C18H23NO2. The van der Waals surface area contributed by atoms with Crippen LogP contribution in [0, 0.1) is 11.3 Å². The minimum atomic E-state index is -0.624. The average Bonchev–Trinajstić information content (AvgIpc) is 2.41. The third-order valence-corrected chi connectivity index (χ3v) is 4.00. The number of hydrogen-bond acceptors (Lipinski definition) is 3. The maximum atomic E-state index is 12.1. The zero-order valence-electron chi connectivity index (χ0n) is 13.0. The van der Waals surface area contributed by atoms with Crippen LogP contribution in [0.15, 0.2) is 35.3 Å². The smallest absolute Gasteiger partial charge is 0.149 e. The van der Waals surface area contributed by atoms with E-state index in [1.165, 1.54) is 5.56 Å². The monoisotopic (exact) mass is 285 g/mol. The lowest BCUT2D eigenvalue weighted by atomic mass is 9.72. The quantitative estimate of drug-likeness (QED) is 0.628. The molecule has 0 aliphatic heterocycles. The Morgan fingerprint density at radius 2 is 1.76 bits per heavy atom. The van der Waals surface area contributed by atoms with Crippen molar-refractivity contribution in [3.8, 4) is 0 Å². The first-order valence-electron chi connectivity index (χ1n) is 7.49. The van der Waals surface area contributed by atoms with Crippen molar-refractivity contribution < 1.29 is 9.59 Å². The standard InChI is InChI=1S/C18H23NO2/c1-13(14-7-5-4-6-8-14)11-19-12-15-16(20)9-18(2,3)10-17(15)21/h4-8,12-13,15H,9-11H2,1-3H3/t13-/m1/s1. The highest BCUT2D eigenvalue weighted by molar-refractivity contribution is 6.16. The number of carbonyl (C=O) groups is 2. The molecule has 1 saturated carbocycles. The van der Waals surface area contributed by atoms with Gasteiger partial charge in [0.25, 0.3) is 0 Å². The largest absolute Gasteiger partial charge is 0.298 e. The fraction of sp³-hybridized carbons (Fsp3) is 0.500. The Morgan fingerprint density at radius 1 is 1.19 bits per heavy atom. The molecule has 1 fully saturated rings. The Hall–Kier alpha value is -1.77. The van der Waals surface area contributed by atoms with E-state index in [1.54, 1.807) is 6.21 Å². The minimum absolute atomic E-state index is 0.00682. The molecule has 1 aliphatic rings. The fourth-order valence-electron chi connectivity index (χ4n) is 2.78.